The lowest BCUT2D eigenvalue weighted by Gasteiger charge is -2.09. The second-order valence-corrected chi connectivity index (χ2v) is 4.51. The number of aryl methyl sites for hydroxylation is 1. The van der Waals surface area contributed by atoms with Gasteiger partial charge in [-0.15, -0.1) is 6.58 Å². The lowest BCUT2D eigenvalue weighted by Crippen LogP contribution is -2.06. The first kappa shape index (κ1) is 12.0. The van der Waals surface area contributed by atoms with Crippen molar-refractivity contribution in [3.63, 3.8) is 0 Å². The molecule has 2 nitrogen and oxygen atoms in total. The summed E-state index contributed by atoms with van der Waals surface area (Å²) < 4.78 is 0. The van der Waals surface area contributed by atoms with Gasteiger partial charge in [-0.25, -0.2) is 0 Å². The van der Waals surface area contributed by atoms with Crippen LogP contribution in [0, 0.1) is 6.92 Å². The lowest BCUT2D eigenvalue weighted by molar-refractivity contribution is 1.21. The van der Waals surface area contributed by atoms with Crippen LogP contribution in [-0.2, 0) is 0 Å². The van der Waals surface area contributed by atoms with Gasteiger partial charge in [-0.2, -0.15) is 11.8 Å². The van der Waals surface area contributed by atoms with Crippen LogP contribution in [0.25, 0.3) is 0 Å². The van der Waals surface area contributed by atoms with Crippen LogP contribution in [0.4, 0.5) is 11.4 Å². The van der Waals surface area contributed by atoms with Gasteiger partial charge in [0.15, 0.2) is 0 Å². The van der Waals surface area contributed by atoms with E-state index in [9.17, 15) is 0 Å². The molecule has 0 amide bonds. The van der Waals surface area contributed by atoms with E-state index in [1.54, 1.807) is 0 Å². The zero-order valence-corrected chi connectivity index (χ0v) is 9.94. The average molecular weight is 222 g/mol. The van der Waals surface area contributed by atoms with Gasteiger partial charge in [-0.3, -0.25) is 0 Å². The molecular weight excluding hydrogens is 204 g/mol. The Bertz CT molecular complexity index is 323. The summed E-state index contributed by atoms with van der Waals surface area (Å²) in [4.78, 5) is 0. The van der Waals surface area contributed by atoms with Gasteiger partial charge in [-0.1, -0.05) is 12.1 Å². The van der Waals surface area contributed by atoms with E-state index in [2.05, 4.69) is 18.8 Å². The van der Waals surface area contributed by atoms with Gasteiger partial charge in [0, 0.05) is 29.4 Å². The normalized spacial score (nSPS) is 9.93. The zero-order valence-electron chi connectivity index (χ0n) is 9.12. The zero-order chi connectivity index (χ0) is 11.1. The maximum Gasteiger partial charge on any atom is 0.0390 e. The molecule has 3 heteroatoms. The average Bonchev–Trinajstić information content (AvgIpc) is 2.23. The Labute approximate surface area is 95.9 Å². The van der Waals surface area contributed by atoms with Gasteiger partial charge in [-0.05, 0) is 24.6 Å². The molecule has 0 unspecified atom stereocenters. The number of benzene rings is 1. The lowest BCUT2D eigenvalue weighted by atomic mass is 10.2. The van der Waals surface area contributed by atoms with Crippen LogP contribution in [-0.4, -0.2) is 18.1 Å². The highest BCUT2D eigenvalue weighted by molar-refractivity contribution is 7.99. The van der Waals surface area contributed by atoms with Gasteiger partial charge >= 0.3 is 0 Å². The summed E-state index contributed by atoms with van der Waals surface area (Å²) in [6.07, 6.45) is 1.93. The second kappa shape index (κ2) is 6.40. The Hall–Kier alpha value is -1.09. The number of thioether (sulfide) groups is 1. The number of rotatable bonds is 6. The van der Waals surface area contributed by atoms with E-state index in [-0.39, 0.29) is 0 Å². The van der Waals surface area contributed by atoms with Gasteiger partial charge in [0.05, 0.1) is 0 Å². The maximum atomic E-state index is 5.72. The van der Waals surface area contributed by atoms with E-state index in [0.717, 1.165) is 29.4 Å². The largest absolute Gasteiger partial charge is 0.399 e. The quantitative estimate of drug-likeness (QED) is 0.441. The molecule has 0 atom stereocenters. The SMILES string of the molecule is C=CCSCCNc1cc(N)ccc1C. The molecule has 0 bridgehead atoms. The molecule has 0 aromatic heterocycles. The minimum atomic E-state index is 0.807. The molecule has 1 aromatic carbocycles. The molecule has 15 heavy (non-hydrogen) atoms. The summed E-state index contributed by atoms with van der Waals surface area (Å²) in [5.41, 5.74) is 8.90. The monoisotopic (exact) mass is 222 g/mol. The number of nitrogens with one attached hydrogen (secondary N) is 1. The standard InChI is InChI=1S/C12H18N2S/c1-3-7-15-8-6-14-12-9-11(13)5-4-10(12)2/h3-5,9,14H,1,6-8,13H2,2H3. The predicted molar refractivity (Wildman–Crippen MR) is 71.6 cm³/mol. The third kappa shape index (κ3) is 4.30. The third-order valence-electron chi connectivity index (χ3n) is 2.06. The molecule has 0 saturated carbocycles. The molecule has 0 aliphatic carbocycles. The Morgan fingerprint density at radius 3 is 3.07 bits per heavy atom. The molecule has 0 heterocycles. The van der Waals surface area contributed by atoms with Gasteiger partial charge in [0.25, 0.3) is 0 Å². The first-order valence-electron chi connectivity index (χ1n) is 5.02. The van der Waals surface area contributed by atoms with E-state index in [1.807, 2.05) is 36.0 Å². The molecule has 0 radical (unpaired) electrons. The Balaban J connectivity index is 2.36. The number of hydrogen-bond acceptors (Lipinski definition) is 3. The highest BCUT2D eigenvalue weighted by atomic mass is 32.2. The molecule has 0 saturated heterocycles. The van der Waals surface area contributed by atoms with E-state index in [0.29, 0.717) is 0 Å². The van der Waals surface area contributed by atoms with Crippen LogP contribution in [0.5, 0.6) is 0 Å². The smallest absolute Gasteiger partial charge is 0.0390 e. The molecular formula is C12H18N2S. The topological polar surface area (TPSA) is 38.0 Å². The number of hydrogen-bond donors (Lipinski definition) is 2. The van der Waals surface area contributed by atoms with E-state index < -0.39 is 0 Å². The fraction of sp³-hybridized carbons (Fsp3) is 0.333. The van der Waals surface area contributed by atoms with Crippen molar-refractivity contribution in [3.05, 3.63) is 36.4 Å². The Morgan fingerprint density at radius 1 is 1.53 bits per heavy atom. The number of anilines is 2. The van der Waals surface area contributed by atoms with Crippen molar-refractivity contribution >= 4 is 23.1 Å². The van der Waals surface area contributed by atoms with Crippen molar-refractivity contribution in [1.82, 2.24) is 0 Å². The van der Waals surface area contributed by atoms with Crippen LogP contribution < -0.4 is 11.1 Å². The highest BCUT2D eigenvalue weighted by Crippen LogP contribution is 2.17. The van der Waals surface area contributed by atoms with Crippen molar-refractivity contribution in [2.24, 2.45) is 0 Å². The van der Waals surface area contributed by atoms with E-state index in [1.165, 1.54) is 5.56 Å². The molecule has 0 aliphatic heterocycles. The highest BCUT2D eigenvalue weighted by Gasteiger charge is 1.97. The van der Waals surface area contributed by atoms with Crippen LogP contribution in [0.2, 0.25) is 0 Å². The van der Waals surface area contributed by atoms with E-state index in [4.69, 9.17) is 5.73 Å². The summed E-state index contributed by atoms with van der Waals surface area (Å²) >= 11 is 1.87. The molecule has 1 rings (SSSR count). The van der Waals surface area contributed by atoms with Gasteiger partial charge in [0.1, 0.15) is 0 Å². The third-order valence-corrected chi connectivity index (χ3v) is 3.02. The summed E-state index contributed by atoms with van der Waals surface area (Å²) in [5.74, 6) is 2.10. The molecule has 3 N–H and O–H groups in total. The summed E-state index contributed by atoms with van der Waals surface area (Å²) in [7, 11) is 0. The van der Waals surface area contributed by atoms with Crippen molar-refractivity contribution < 1.29 is 0 Å². The molecule has 0 fully saturated rings. The Kier molecular flexibility index (Phi) is 5.12. The summed E-state index contributed by atoms with van der Waals surface area (Å²) in [5, 5.41) is 3.38. The maximum absolute atomic E-state index is 5.72. The van der Waals surface area contributed by atoms with Crippen molar-refractivity contribution in [2.45, 2.75) is 6.92 Å². The van der Waals surface area contributed by atoms with E-state index >= 15 is 0 Å². The van der Waals surface area contributed by atoms with Crippen LogP contribution in [0.1, 0.15) is 5.56 Å². The minimum Gasteiger partial charge on any atom is -0.399 e. The number of nitrogens with two attached hydrogens (primary N) is 1. The fourth-order valence-electron chi connectivity index (χ4n) is 1.25. The number of nitrogen functional groups attached to an aromatic ring is 1. The van der Waals surface area contributed by atoms with Gasteiger partial charge in [0.2, 0.25) is 0 Å². The Morgan fingerprint density at radius 2 is 2.33 bits per heavy atom. The van der Waals surface area contributed by atoms with Crippen LogP contribution >= 0.6 is 11.8 Å². The first-order chi connectivity index (χ1) is 7.24. The van der Waals surface area contributed by atoms with Gasteiger partial charge < -0.3 is 11.1 Å². The molecule has 0 aliphatic rings. The predicted octanol–water partition coefficient (Wildman–Crippen LogP) is 2.91. The van der Waals surface area contributed by atoms with Crippen molar-refractivity contribution in [1.29, 1.82) is 0 Å². The van der Waals surface area contributed by atoms with Crippen molar-refractivity contribution in [3.8, 4) is 0 Å². The first-order valence-corrected chi connectivity index (χ1v) is 6.18. The summed E-state index contributed by atoms with van der Waals surface area (Å²) in [6.45, 7) is 6.73. The summed E-state index contributed by atoms with van der Waals surface area (Å²) in [6, 6.07) is 5.94. The minimum absolute atomic E-state index is 0.807. The molecule has 0 spiro atoms. The van der Waals surface area contributed by atoms with Crippen molar-refractivity contribution in [2.75, 3.05) is 29.1 Å². The van der Waals surface area contributed by atoms with Crippen LogP contribution in [0.3, 0.4) is 0 Å². The van der Waals surface area contributed by atoms with Crippen LogP contribution in [0.15, 0.2) is 30.9 Å². The molecule has 1 aromatic rings. The fourth-order valence-corrected chi connectivity index (χ4v) is 1.83. The second-order valence-electron chi connectivity index (χ2n) is 3.36. The molecule has 82 valence electrons.